The summed E-state index contributed by atoms with van der Waals surface area (Å²) in [5.41, 5.74) is 3.93. The molecule has 0 fully saturated rings. The molecule has 230 valence electrons. The van der Waals surface area contributed by atoms with Crippen LogP contribution in [0.5, 0.6) is 11.5 Å². The fraction of sp³-hybridized carbons (Fsp3) is 0.429. The van der Waals surface area contributed by atoms with Crippen LogP contribution < -0.4 is 9.47 Å². The Morgan fingerprint density at radius 3 is 2.49 bits per heavy atom. The van der Waals surface area contributed by atoms with E-state index >= 15 is 0 Å². The monoisotopic (exact) mass is 591 g/mol. The number of methoxy groups -OCH3 is 1. The van der Waals surface area contributed by atoms with Gasteiger partial charge in [-0.05, 0) is 101 Å². The summed E-state index contributed by atoms with van der Waals surface area (Å²) in [5.74, 6) is -0.515. The van der Waals surface area contributed by atoms with Crippen LogP contribution in [0.2, 0.25) is 0 Å². The molecule has 0 unspecified atom stereocenters. The van der Waals surface area contributed by atoms with E-state index in [9.17, 15) is 19.1 Å². The first kappa shape index (κ1) is 31.9. The maximum Gasteiger partial charge on any atom is 0.410 e. The molecule has 0 aliphatic carbocycles. The first-order chi connectivity index (χ1) is 20.3. The summed E-state index contributed by atoms with van der Waals surface area (Å²) in [5, 5.41) is 9.88. The van der Waals surface area contributed by atoms with Gasteiger partial charge in [-0.15, -0.1) is 0 Å². The SMILES string of the molecule is COc1cc([C@@H](C)N(CCC[C@H]2C[C@@H](c3ccc(C)c(C(=O)O)c3C)c3ccccc3O2)C(=O)OC(C)(C)C)ccc1F. The number of ether oxygens (including phenoxy) is 3. The van der Waals surface area contributed by atoms with Crippen molar-refractivity contribution >= 4 is 12.1 Å². The molecule has 0 radical (unpaired) electrons. The molecule has 0 saturated heterocycles. The van der Waals surface area contributed by atoms with Gasteiger partial charge in [0.25, 0.3) is 0 Å². The van der Waals surface area contributed by atoms with Crippen LogP contribution in [0.3, 0.4) is 0 Å². The van der Waals surface area contributed by atoms with Crippen LogP contribution in [-0.4, -0.2) is 47.4 Å². The number of benzene rings is 3. The number of aryl methyl sites for hydroxylation is 1. The highest BCUT2D eigenvalue weighted by atomic mass is 19.1. The van der Waals surface area contributed by atoms with E-state index < -0.39 is 29.5 Å². The van der Waals surface area contributed by atoms with Crippen molar-refractivity contribution in [2.45, 2.75) is 84.5 Å². The Bertz CT molecular complexity index is 1480. The molecule has 0 bridgehead atoms. The summed E-state index contributed by atoms with van der Waals surface area (Å²) in [6.45, 7) is 11.5. The third-order valence-electron chi connectivity index (χ3n) is 8.07. The van der Waals surface area contributed by atoms with E-state index in [0.717, 1.165) is 33.6 Å². The Morgan fingerprint density at radius 1 is 1.09 bits per heavy atom. The van der Waals surface area contributed by atoms with Gasteiger partial charge in [0.15, 0.2) is 11.6 Å². The van der Waals surface area contributed by atoms with Gasteiger partial charge in [-0.25, -0.2) is 14.0 Å². The number of rotatable bonds is 9. The van der Waals surface area contributed by atoms with E-state index in [4.69, 9.17) is 14.2 Å². The highest BCUT2D eigenvalue weighted by Crippen LogP contribution is 2.43. The van der Waals surface area contributed by atoms with Crippen molar-refractivity contribution in [2.24, 2.45) is 0 Å². The van der Waals surface area contributed by atoms with Crippen molar-refractivity contribution < 1.29 is 33.3 Å². The summed E-state index contributed by atoms with van der Waals surface area (Å²) >= 11 is 0. The molecular weight excluding hydrogens is 549 g/mol. The lowest BCUT2D eigenvalue weighted by Gasteiger charge is -2.35. The number of carbonyl (C=O) groups excluding carboxylic acids is 1. The summed E-state index contributed by atoms with van der Waals surface area (Å²) in [4.78, 5) is 27.1. The Labute approximate surface area is 253 Å². The van der Waals surface area contributed by atoms with Crippen molar-refractivity contribution in [3.8, 4) is 11.5 Å². The second kappa shape index (κ2) is 13.1. The molecule has 1 aliphatic rings. The number of hydrogen-bond donors (Lipinski definition) is 1. The zero-order valence-corrected chi connectivity index (χ0v) is 26.1. The van der Waals surface area contributed by atoms with Crippen molar-refractivity contribution in [1.82, 2.24) is 4.90 Å². The number of fused-ring (bicyclic) bond motifs is 1. The van der Waals surface area contributed by atoms with Crippen LogP contribution in [-0.2, 0) is 4.74 Å². The third kappa shape index (κ3) is 7.29. The minimum absolute atomic E-state index is 0.0267. The standard InChI is InChI=1S/C35H42FNO6/c1-21-14-16-26(22(2)32(21)33(38)39)28-20-25(42-30-13-9-8-12-27(28)30)11-10-18-37(34(40)43-35(4,5)6)23(3)24-15-17-29(36)31(19-24)41-7/h8-9,12-17,19,23,25,28H,10-11,18,20H2,1-7H3,(H,38,39)/t23-,25+,28+/m1/s1. The van der Waals surface area contributed by atoms with Gasteiger partial charge in [0.1, 0.15) is 11.4 Å². The van der Waals surface area contributed by atoms with E-state index in [1.54, 1.807) is 17.0 Å². The molecule has 1 aliphatic heterocycles. The molecule has 4 rings (SSSR count). The number of carboxylic acid groups (broad SMARTS) is 1. The van der Waals surface area contributed by atoms with E-state index in [1.165, 1.54) is 13.2 Å². The van der Waals surface area contributed by atoms with Gasteiger partial charge in [-0.2, -0.15) is 0 Å². The molecule has 3 atom stereocenters. The molecule has 0 aromatic heterocycles. The van der Waals surface area contributed by atoms with Crippen LogP contribution >= 0.6 is 0 Å². The van der Waals surface area contributed by atoms with Crippen LogP contribution in [0.15, 0.2) is 54.6 Å². The van der Waals surface area contributed by atoms with Gasteiger partial charge in [-0.1, -0.05) is 36.4 Å². The molecule has 1 heterocycles. The number of nitrogens with zero attached hydrogens (tertiary/aromatic N) is 1. The quantitative estimate of drug-likeness (QED) is 0.270. The third-order valence-corrected chi connectivity index (χ3v) is 8.07. The van der Waals surface area contributed by atoms with Crippen LogP contribution in [0.4, 0.5) is 9.18 Å². The van der Waals surface area contributed by atoms with E-state index in [-0.39, 0.29) is 17.8 Å². The lowest BCUT2D eigenvalue weighted by atomic mass is 9.80. The van der Waals surface area contributed by atoms with Crippen LogP contribution in [0.1, 0.15) is 97.1 Å². The molecule has 0 saturated carbocycles. The number of aromatic carboxylic acids is 1. The number of carbonyl (C=O) groups is 2. The highest BCUT2D eigenvalue weighted by molar-refractivity contribution is 5.91. The van der Waals surface area contributed by atoms with Crippen molar-refractivity contribution in [3.63, 3.8) is 0 Å². The second-order valence-electron chi connectivity index (χ2n) is 12.2. The summed E-state index contributed by atoms with van der Waals surface area (Å²) in [6.07, 6.45) is 1.38. The average Bonchev–Trinajstić information content (AvgIpc) is 2.94. The first-order valence-corrected chi connectivity index (χ1v) is 14.7. The van der Waals surface area contributed by atoms with Crippen LogP contribution in [0, 0.1) is 19.7 Å². The lowest BCUT2D eigenvalue weighted by Crippen LogP contribution is -2.39. The van der Waals surface area contributed by atoms with Crippen molar-refractivity contribution in [2.75, 3.05) is 13.7 Å². The summed E-state index contributed by atoms with van der Waals surface area (Å²) in [7, 11) is 1.41. The topological polar surface area (TPSA) is 85.3 Å². The zero-order chi connectivity index (χ0) is 31.5. The zero-order valence-electron chi connectivity index (χ0n) is 26.1. The molecule has 7 nitrogen and oxygen atoms in total. The second-order valence-corrected chi connectivity index (χ2v) is 12.2. The molecule has 8 heteroatoms. The van der Waals surface area contributed by atoms with Gasteiger partial charge in [0.2, 0.25) is 0 Å². The van der Waals surface area contributed by atoms with Crippen molar-refractivity contribution in [3.05, 3.63) is 93.8 Å². The molecule has 1 N–H and O–H groups in total. The largest absolute Gasteiger partial charge is 0.494 e. The van der Waals surface area contributed by atoms with Gasteiger partial charge in [0, 0.05) is 18.0 Å². The predicted molar refractivity (Wildman–Crippen MR) is 164 cm³/mol. The molecule has 1 amide bonds. The van der Waals surface area contributed by atoms with Crippen LogP contribution in [0.25, 0.3) is 0 Å². The van der Waals surface area contributed by atoms with Gasteiger partial charge >= 0.3 is 12.1 Å². The number of halogens is 1. The minimum atomic E-state index is -0.927. The molecule has 0 spiro atoms. The summed E-state index contributed by atoms with van der Waals surface area (Å²) < 4.78 is 31.5. The van der Waals surface area contributed by atoms with Crippen molar-refractivity contribution in [1.29, 1.82) is 0 Å². The first-order valence-electron chi connectivity index (χ1n) is 14.7. The minimum Gasteiger partial charge on any atom is -0.494 e. The normalized spacial score (nSPS) is 16.9. The maximum atomic E-state index is 14.1. The average molecular weight is 592 g/mol. The Balaban J connectivity index is 1.56. The smallest absolute Gasteiger partial charge is 0.410 e. The van der Waals surface area contributed by atoms with Gasteiger partial charge < -0.3 is 24.2 Å². The van der Waals surface area contributed by atoms with Gasteiger partial charge in [0.05, 0.1) is 24.8 Å². The molecular formula is C35H42FNO6. The molecule has 43 heavy (non-hydrogen) atoms. The van der Waals surface area contributed by atoms with E-state index in [0.29, 0.717) is 31.4 Å². The Hall–Kier alpha value is -4.07. The molecule has 3 aromatic carbocycles. The predicted octanol–water partition coefficient (Wildman–Crippen LogP) is 8.21. The number of carboxylic acids is 1. The fourth-order valence-corrected chi connectivity index (χ4v) is 5.90. The number of para-hydroxylation sites is 1. The maximum absolute atomic E-state index is 14.1. The highest BCUT2D eigenvalue weighted by Gasteiger charge is 2.32. The summed E-state index contributed by atoms with van der Waals surface area (Å²) in [6, 6.07) is 16.0. The number of amides is 1. The van der Waals surface area contributed by atoms with E-state index in [1.807, 2.05) is 77.9 Å². The Kier molecular flexibility index (Phi) is 9.68. The number of hydrogen-bond acceptors (Lipinski definition) is 5. The molecule has 3 aromatic rings. The Morgan fingerprint density at radius 2 is 1.81 bits per heavy atom. The fourth-order valence-electron chi connectivity index (χ4n) is 5.90. The van der Waals surface area contributed by atoms with Gasteiger partial charge in [-0.3, -0.25) is 0 Å². The van der Waals surface area contributed by atoms with E-state index in [2.05, 4.69) is 0 Å². The lowest BCUT2D eigenvalue weighted by molar-refractivity contribution is 0.0160.